The number of carbonyl (C=O) groups is 2. The molecule has 22 heavy (non-hydrogen) atoms. The zero-order valence-electron chi connectivity index (χ0n) is 12.7. The number of benzene rings is 1. The van der Waals surface area contributed by atoms with Crippen molar-refractivity contribution in [3.05, 3.63) is 23.8 Å². The predicted molar refractivity (Wildman–Crippen MR) is 83.1 cm³/mol. The Morgan fingerprint density at radius 1 is 1.32 bits per heavy atom. The molecule has 2 amide bonds. The topological polar surface area (TPSA) is 75.9 Å². The first kappa shape index (κ1) is 14.7. The molecule has 1 fully saturated rings. The first-order valence-corrected chi connectivity index (χ1v) is 7.64. The number of nitrogens with zero attached hydrogens (tertiary/aromatic N) is 2. The fourth-order valence-electron chi connectivity index (χ4n) is 3.10. The van der Waals surface area contributed by atoms with Crippen LogP contribution in [0.5, 0.6) is 5.75 Å². The normalized spacial score (nSPS) is 20.5. The minimum atomic E-state index is -0.373. The molecular weight excluding hydrogens is 282 g/mol. The first-order chi connectivity index (χ1) is 10.5. The molecule has 0 aromatic heterocycles. The Balaban J connectivity index is 1.80. The van der Waals surface area contributed by atoms with Crippen LogP contribution in [0.1, 0.15) is 29.6 Å². The number of fused-ring (bicyclic) bond motifs is 1. The number of primary amides is 1. The minimum Gasteiger partial charge on any atom is -0.486 e. The number of rotatable bonds is 3. The molecule has 1 aromatic carbocycles. The summed E-state index contributed by atoms with van der Waals surface area (Å²) >= 11 is 0. The summed E-state index contributed by atoms with van der Waals surface area (Å²) in [5.41, 5.74) is 6.80. The lowest BCUT2D eigenvalue weighted by Gasteiger charge is -2.33. The maximum atomic E-state index is 12.5. The van der Waals surface area contributed by atoms with Gasteiger partial charge in [-0.15, -0.1) is 0 Å². The van der Waals surface area contributed by atoms with Crippen LogP contribution in [0.4, 0.5) is 5.69 Å². The number of carbonyl (C=O) groups excluding carboxylic acids is 2. The quantitative estimate of drug-likeness (QED) is 0.903. The molecule has 2 heterocycles. The summed E-state index contributed by atoms with van der Waals surface area (Å²) in [6.07, 6.45) is 2.11. The molecule has 0 bridgehead atoms. The van der Waals surface area contributed by atoms with E-state index in [4.69, 9.17) is 10.5 Å². The van der Waals surface area contributed by atoms with Gasteiger partial charge in [0.25, 0.3) is 5.91 Å². The highest BCUT2D eigenvalue weighted by molar-refractivity contribution is 5.96. The number of nitrogens with two attached hydrogens (primary N) is 1. The summed E-state index contributed by atoms with van der Waals surface area (Å²) < 4.78 is 5.81. The lowest BCUT2D eigenvalue weighted by atomic mass is 10.1. The van der Waals surface area contributed by atoms with E-state index < -0.39 is 0 Å². The Kier molecular flexibility index (Phi) is 3.92. The second-order valence-corrected chi connectivity index (χ2v) is 5.97. The van der Waals surface area contributed by atoms with Gasteiger partial charge in [-0.2, -0.15) is 0 Å². The van der Waals surface area contributed by atoms with Gasteiger partial charge in [0.15, 0.2) is 0 Å². The zero-order chi connectivity index (χ0) is 15.7. The third-order valence-electron chi connectivity index (χ3n) is 4.21. The van der Waals surface area contributed by atoms with E-state index in [-0.39, 0.29) is 24.3 Å². The molecule has 1 saturated heterocycles. The van der Waals surface area contributed by atoms with Crippen molar-refractivity contribution in [1.82, 2.24) is 4.90 Å². The largest absolute Gasteiger partial charge is 0.486 e. The molecular formula is C16H21N3O3. The van der Waals surface area contributed by atoms with Gasteiger partial charge in [0.2, 0.25) is 5.91 Å². The van der Waals surface area contributed by atoms with Crippen LogP contribution in [0.3, 0.4) is 0 Å². The summed E-state index contributed by atoms with van der Waals surface area (Å²) in [7, 11) is 1.93. The number of amides is 2. The molecule has 6 heteroatoms. The van der Waals surface area contributed by atoms with Gasteiger partial charge in [-0.25, -0.2) is 0 Å². The monoisotopic (exact) mass is 303 g/mol. The van der Waals surface area contributed by atoms with Gasteiger partial charge in [-0.3, -0.25) is 9.59 Å². The fraction of sp³-hybridized carbons (Fsp3) is 0.500. The second kappa shape index (κ2) is 5.87. The third-order valence-corrected chi connectivity index (χ3v) is 4.21. The Morgan fingerprint density at radius 3 is 2.73 bits per heavy atom. The van der Waals surface area contributed by atoms with Crippen LogP contribution in [0.2, 0.25) is 0 Å². The molecule has 0 spiro atoms. The Morgan fingerprint density at radius 2 is 2.05 bits per heavy atom. The Labute approximate surface area is 129 Å². The average Bonchev–Trinajstić information content (AvgIpc) is 2.99. The molecule has 0 aliphatic carbocycles. The maximum absolute atomic E-state index is 12.5. The van der Waals surface area contributed by atoms with Crippen LogP contribution in [0.15, 0.2) is 18.2 Å². The number of ether oxygens (including phenoxy) is 1. The van der Waals surface area contributed by atoms with Gasteiger partial charge in [-0.1, -0.05) is 0 Å². The van der Waals surface area contributed by atoms with Crippen LogP contribution >= 0.6 is 0 Å². The van der Waals surface area contributed by atoms with Gasteiger partial charge in [0, 0.05) is 25.7 Å². The summed E-state index contributed by atoms with van der Waals surface area (Å²) in [4.78, 5) is 27.4. The molecule has 3 rings (SSSR count). The standard InChI is InChI=1S/C16H21N3O3/c1-18-10-12(9-15(17)20)22-14-5-4-11(8-13(14)18)16(21)19-6-2-3-7-19/h4-5,8,12H,2-3,6-7,9-10H2,1H3,(H2,17,20)/t12-/m0/s1. The van der Waals surface area contributed by atoms with Crippen molar-refractivity contribution in [2.75, 3.05) is 31.6 Å². The van der Waals surface area contributed by atoms with Crippen molar-refractivity contribution in [2.45, 2.75) is 25.4 Å². The van der Waals surface area contributed by atoms with Crippen LogP contribution in [-0.2, 0) is 4.79 Å². The van der Waals surface area contributed by atoms with Crippen LogP contribution < -0.4 is 15.4 Å². The van der Waals surface area contributed by atoms with E-state index in [1.165, 1.54) is 0 Å². The lowest BCUT2D eigenvalue weighted by molar-refractivity contribution is -0.119. The van der Waals surface area contributed by atoms with Crippen molar-refractivity contribution in [1.29, 1.82) is 0 Å². The summed E-state index contributed by atoms with van der Waals surface area (Å²) in [5.74, 6) is 0.397. The Bertz CT molecular complexity index is 596. The van der Waals surface area contributed by atoms with Gasteiger partial charge in [0.05, 0.1) is 18.7 Å². The lowest BCUT2D eigenvalue weighted by Crippen LogP contribution is -2.40. The smallest absolute Gasteiger partial charge is 0.253 e. The minimum absolute atomic E-state index is 0.0768. The molecule has 0 saturated carbocycles. The summed E-state index contributed by atoms with van der Waals surface area (Å²) in [6.45, 7) is 2.25. The highest BCUT2D eigenvalue weighted by Crippen LogP contribution is 2.34. The van der Waals surface area contributed by atoms with E-state index in [0.29, 0.717) is 17.9 Å². The van der Waals surface area contributed by atoms with Crippen LogP contribution in [0, 0.1) is 0 Å². The maximum Gasteiger partial charge on any atom is 0.253 e. The number of likely N-dealkylation sites (tertiary alicyclic amines) is 1. The molecule has 118 valence electrons. The number of anilines is 1. The third kappa shape index (κ3) is 2.86. The van der Waals surface area contributed by atoms with E-state index in [2.05, 4.69) is 0 Å². The average molecular weight is 303 g/mol. The Hall–Kier alpha value is -2.24. The summed E-state index contributed by atoms with van der Waals surface area (Å²) in [5, 5.41) is 0. The van der Waals surface area contributed by atoms with Gasteiger partial charge >= 0.3 is 0 Å². The van der Waals surface area contributed by atoms with E-state index in [0.717, 1.165) is 31.6 Å². The van der Waals surface area contributed by atoms with E-state index in [1.54, 1.807) is 6.07 Å². The zero-order valence-corrected chi connectivity index (χ0v) is 12.7. The van der Waals surface area contributed by atoms with Crippen molar-refractivity contribution in [3.8, 4) is 5.75 Å². The number of likely N-dealkylation sites (N-methyl/N-ethyl adjacent to an activating group) is 1. The van der Waals surface area contributed by atoms with Crippen molar-refractivity contribution in [3.63, 3.8) is 0 Å². The highest BCUT2D eigenvalue weighted by Gasteiger charge is 2.27. The second-order valence-electron chi connectivity index (χ2n) is 5.97. The first-order valence-electron chi connectivity index (χ1n) is 7.64. The highest BCUT2D eigenvalue weighted by atomic mass is 16.5. The summed E-state index contributed by atoms with van der Waals surface area (Å²) in [6, 6.07) is 5.47. The molecule has 1 atom stereocenters. The molecule has 6 nitrogen and oxygen atoms in total. The molecule has 2 N–H and O–H groups in total. The van der Waals surface area contributed by atoms with Gasteiger partial charge in [-0.05, 0) is 31.0 Å². The van der Waals surface area contributed by atoms with E-state index >= 15 is 0 Å². The number of hydrogen-bond donors (Lipinski definition) is 1. The molecule has 2 aliphatic rings. The van der Waals surface area contributed by atoms with Crippen molar-refractivity contribution in [2.24, 2.45) is 5.73 Å². The van der Waals surface area contributed by atoms with E-state index in [1.807, 2.05) is 29.0 Å². The van der Waals surface area contributed by atoms with Crippen molar-refractivity contribution < 1.29 is 14.3 Å². The molecule has 0 radical (unpaired) electrons. The SMILES string of the molecule is CN1C[C@H](CC(N)=O)Oc2ccc(C(=O)N3CCCC3)cc21. The van der Waals surface area contributed by atoms with Crippen LogP contribution in [0.25, 0.3) is 0 Å². The molecule has 0 unspecified atom stereocenters. The van der Waals surface area contributed by atoms with Gasteiger partial charge < -0.3 is 20.3 Å². The predicted octanol–water partition coefficient (Wildman–Crippen LogP) is 0.995. The molecule has 1 aromatic rings. The molecule has 2 aliphatic heterocycles. The van der Waals surface area contributed by atoms with E-state index in [9.17, 15) is 9.59 Å². The fourth-order valence-corrected chi connectivity index (χ4v) is 3.10. The van der Waals surface area contributed by atoms with Crippen molar-refractivity contribution >= 4 is 17.5 Å². The van der Waals surface area contributed by atoms with Crippen LogP contribution in [-0.4, -0.2) is 49.5 Å². The van der Waals surface area contributed by atoms with Gasteiger partial charge in [0.1, 0.15) is 11.9 Å². The number of hydrogen-bond acceptors (Lipinski definition) is 4.